The van der Waals surface area contributed by atoms with E-state index < -0.39 is 5.60 Å². The summed E-state index contributed by atoms with van der Waals surface area (Å²) in [7, 11) is 0. The molecule has 0 unspecified atom stereocenters. The molecule has 0 bridgehead atoms. The maximum absolute atomic E-state index is 12.8. The number of amides is 2. The van der Waals surface area contributed by atoms with Gasteiger partial charge in [0.05, 0.1) is 0 Å². The molecule has 0 aromatic heterocycles. The van der Waals surface area contributed by atoms with Crippen LogP contribution in [0, 0.1) is 0 Å². The maximum atomic E-state index is 12.8. The minimum absolute atomic E-state index is 0.180. The van der Waals surface area contributed by atoms with Gasteiger partial charge in [0.1, 0.15) is 11.4 Å². The molecule has 0 atom stereocenters. The highest BCUT2D eigenvalue weighted by molar-refractivity contribution is 6.10. The van der Waals surface area contributed by atoms with Crippen LogP contribution in [0.1, 0.15) is 31.1 Å². The SMILES string of the molecule is CC(C)(C)OC(=O)N1CCN(c2ccc(C(=O)Nc3cccc4c(O)cccc34)cc2)CC1. The highest BCUT2D eigenvalue weighted by atomic mass is 16.6. The van der Waals surface area contributed by atoms with Gasteiger partial charge in [-0.3, -0.25) is 4.79 Å². The molecule has 1 saturated heterocycles. The zero-order chi connectivity index (χ0) is 23.6. The van der Waals surface area contributed by atoms with Gasteiger partial charge in [0.2, 0.25) is 0 Å². The van der Waals surface area contributed by atoms with Gasteiger partial charge in [-0.05, 0) is 57.2 Å². The molecule has 2 N–H and O–H groups in total. The molecule has 1 aliphatic rings. The number of hydrogen-bond donors (Lipinski definition) is 2. The van der Waals surface area contributed by atoms with Crippen LogP contribution in [-0.4, -0.2) is 53.8 Å². The molecule has 0 radical (unpaired) electrons. The van der Waals surface area contributed by atoms with Gasteiger partial charge < -0.3 is 25.0 Å². The van der Waals surface area contributed by atoms with E-state index >= 15 is 0 Å². The highest BCUT2D eigenvalue weighted by Crippen LogP contribution is 2.30. The number of carbonyl (C=O) groups is 2. The van der Waals surface area contributed by atoms with Crippen molar-refractivity contribution in [1.29, 1.82) is 0 Å². The number of nitrogens with one attached hydrogen (secondary N) is 1. The molecule has 0 saturated carbocycles. The quantitative estimate of drug-likeness (QED) is 0.600. The van der Waals surface area contributed by atoms with Crippen molar-refractivity contribution in [2.45, 2.75) is 26.4 Å². The fourth-order valence-electron chi connectivity index (χ4n) is 3.89. The lowest BCUT2D eigenvalue weighted by Gasteiger charge is -2.36. The summed E-state index contributed by atoms with van der Waals surface area (Å²) < 4.78 is 5.45. The van der Waals surface area contributed by atoms with E-state index in [1.54, 1.807) is 35.2 Å². The summed E-state index contributed by atoms with van der Waals surface area (Å²) in [5.74, 6) is -0.0353. The predicted octanol–water partition coefficient (Wildman–Crippen LogP) is 4.85. The molecule has 1 fully saturated rings. The van der Waals surface area contributed by atoms with Crippen molar-refractivity contribution in [3.05, 3.63) is 66.2 Å². The second-order valence-corrected chi connectivity index (χ2v) is 9.13. The Morgan fingerprint density at radius 3 is 2.18 bits per heavy atom. The fraction of sp³-hybridized carbons (Fsp3) is 0.308. The molecule has 4 rings (SSSR count). The molecule has 1 aliphatic heterocycles. The number of carbonyl (C=O) groups excluding carboxylic acids is 2. The minimum atomic E-state index is -0.503. The first-order valence-corrected chi connectivity index (χ1v) is 11.1. The molecule has 3 aromatic carbocycles. The molecule has 7 nitrogen and oxygen atoms in total. The molecule has 0 aliphatic carbocycles. The van der Waals surface area contributed by atoms with Gasteiger partial charge in [0, 0.05) is 53.9 Å². The lowest BCUT2D eigenvalue weighted by Crippen LogP contribution is -2.50. The summed E-state index contributed by atoms with van der Waals surface area (Å²) in [6, 6.07) is 18.1. The van der Waals surface area contributed by atoms with Crippen LogP contribution in [0.25, 0.3) is 10.8 Å². The van der Waals surface area contributed by atoms with E-state index in [4.69, 9.17) is 4.74 Å². The molecule has 0 spiro atoms. The van der Waals surface area contributed by atoms with Crippen LogP contribution in [-0.2, 0) is 4.74 Å². The number of fused-ring (bicyclic) bond motifs is 1. The van der Waals surface area contributed by atoms with E-state index in [1.165, 1.54) is 0 Å². The van der Waals surface area contributed by atoms with Gasteiger partial charge in [-0.2, -0.15) is 0 Å². The minimum Gasteiger partial charge on any atom is -0.507 e. The summed E-state index contributed by atoms with van der Waals surface area (Å²) in [5.41, 5.74) is 1.70. The number of phenolic OH excluding ortho intramolecular Hbond substituents is 1. The first-order chi connectivity index (χ1) is 15.7. The zero-order valence-corrected chi connectivity index (χ0v) is 19.2. The van der Waals surface area contributed by atoms with Gasteiger partial charge in [-0.15, -0.1) is 0 Å². The van der Waals surface area contributed by atoms with Gasteiger partial charge >= 0.3 is 6.09 Å². The fourth-order valence-corrected chi connectivity index (χ4v) is 3.89. The van der Waals surface area contributed by atoms with Crippen molar-refractivity contribution in [3.63, 3.8) is 0 Å². The first-order valence-electron chi connectivity index (χ1n) is 11.1. The van der Waals surface area contributed by atoms with E-state index in [1.807, 2.05) is 51.1 Å². The lowest BCUT2D eigenvalue weighted by molar-refractivity contribution is 0.0240. The van der Waals surface area contributed by atoms with E-state index in [9.17, 15) is 14.7 Å². The van der Waals surface area contributed by atoms with Gasteiger partial charge in [-0.25, -0.2) is 4.79 Å². The third-order valence-corrected chi connectivity index (χ3v) is 5.57. The van der Waals surface area contributed by atoms with Gasteiger partial charge in [0.15, 0.2) is 0 Å². The number of anilines is 2. The Balaban J connectivity index is 1.39. The van der Waals surface area contributed by atoms with Gasteiger partial charge in [-0.1, -0.05) is 24.3 Å². The Labute approximate surface area is 193 Å². The number of benzene rings is 3. The van der Waals surface area contributed by atoms with Crippen LogP contribution in [0.2, 0.25) is 0 Å². The van der Waals surface area contributed by atoms with Crippen LogP contribution < -0.4 is 10.2 Å². The third-order valence-electron chi connectivity index (χ3n) is 5.57. The second-order valence-electron chi connectivity index (χ2n) is 9.13. The number of ether oxygens (including phenoxy) is 1. The molecule has 172 valence electrons. The van der Waals surface area contributed by atoms with E-state index in [2.05, 4.69) is 10.2 Å². The van der Waals surface area contributed by atoms with Crippen LogP contribution in [0.15, 0.2) is 60.7 Å². The van der Waals surface area contributed by atoms with Crippen LogP contribution in [0.5, 0.6) is 5.75 Å². The highest BCUT2D eigenvalue weighted by Gasteiger charge is 2.26. The number of phenols is 1. The van der Waals surface area contributed by atoms with Crippen molar-refractivity contribution < 1.29 is 19.4 Å². The Hall–Kier alpha value is -3.74. The summed E-state index contributed by atoms with van der Waals surface area (Å²) in [6.07, 6.45) is -0.282. The summed E-state index contributed by atoms with van der Waals surface area (Å²) >= 11 is 0. The topological polar surface area (TPSA) is 82.1 Å². The van der Waals surface area contributed by atoms with Crippen LogP contribution in [0.4, 0.5) is 16.2 Å². The number of aromatic hydroxyl groups is 1. The predicted molar refractivity (Wildman–Crippen MR) is 130 cm³/mol. The molecular weight excluding hydrogens is 418 g/mol. The smallest absolute Gasteiger partial charge is 0.410 e. The van der Waals surface area contributed by atoms with Crippen molar-refractivity contribution in [2.75, 3.05) is 36.4 Å². The Kier molecular flexibility index (Phi) is 6.14. The van der Waals surface area contributed by atoms with Crippen molar-refractivity contribution in [2.24, 2.45) is 0 Å². The number of nitrogens with zero attached hydrogens (tertiary/aromatic N) is 2. The number of rotatable bonds is 3. The largest absolute Gasteiger partial charge is 0.507 e. The molecule has 2 amide bonds. The third kappa shape index (κ3) is 5.19. The molecule has 1 heterocycles. The summed E-state index contributed by atoms with van der Waals surface area (Å²) in [4.78, 5) is 29.0. The summed E-state index contributed by atoms with van der Waals surface area (Å²) in [5, 5.41) is 14.5. The van der Waals surface area contributed by atoms with E-state index in [0.29, 0.717) is 42.8 Å². The molecular formula is C26H29N3O4. The van der Waals surface area contributed by atoms with E-state index in [0.717, 1.165) is 11.1 Å². The van der Waals surface area contributed by atoms with Crippen LogP contribution >= 0.6 is 0 Å². The van der Waals surface area contributed by atoms with Gasteiger partial charge in [0.25, 0.3) is 5.91 Å². The average molecular weight is 448 g/mol. The Morgan fingerprint density at radius 1 is 0.879 bits per heavy atom. The van der Waals surface area contributed by atoms with Crippen molar-refractivity contribution >= 4 is 34.1 Å². The normalized spacial score (nSPS) is 14.3. The van der Waals surface area contributed by atoms with Crippen LogP contribution in [0.3, 0.4) is 0 Å². The monoisotopic (exact) mass is 447 g/mol. The number of hydrogen-bond acceptors (Lipinski definition) is 5. The standard InChI is InChI=1S/C26H29N3O4/c1-26(2,3)33-25(32)29-16-14-28(15-17-29)19-12-10-18(11-13-19)24(31)27-22-8-4-7-21-20(22)6-5-9-23(21)30/h4-13,30H,14-17H2,1-3H3,(H,27,31). The molecule has 7 heteroatoms. The van der Waals surface area contributed by atoms with Crippen molar-refractivity contribution in [3.8, 4) is 5.75 Å². The summed E-state index contributed by atoms with van der Waals surface area (Å²) in [6.45, 7) is 8.17. The molecule has 3 aromatic rings. The Bertz CT molecular complexity index is 1160. The first kappa shape index (κ1) is 22.5. The Morgan fingerprint density at radius 2 is 1.52 bits per heavy atom. The molecule has 33 heavy (non-hydrogen) atoms. The van der Waals surface area contributed by atoms with E-state index in [-0.39, 0.29) is 17.7 Å². The zero-order valence-electron chi connectivity index (χ0n) is 19.2. The maximum Gasteiger partial charge on any atom is 0.410 e. The average Bonchev–Trinajstić information content (AvgIpc) is 2.79. The second kappa shape index (κ2) is 9.02. The lowest BCUT2D eigenvalue weighted by atomic mass is 10.1. The number of piperazine rings is 1. The van der Waals surface area contributed by atoms with Crippen molar-refractivity contribution in [1.82, 2.24) is 4.90 Å².